The fourth-order valence-electron chi connectivity index (χ4n) is 4.99. The van der Waals surface area contributed by atoms with Crippen LogP contribution in [0.3, 0.4) is 0 Å². The maximum Gasteiger partial charge on any atom is 0.272 e. The fourth-order valence-corrected chi connectivity index (χ4v) is 6.01. The lowest BCUT2D eigenvalue weighted by Gasteiger charge is -2.18. The Morgan fingerprint density at radius 3 is 2.12 bits per heavy atom. The van der Waals surface area contributed by atoms with E-state index in [2.05, 4.69) is 16.0 Å². The van der Waals surface area contributed by atoms with Gasteiger partial charge in [-0.1, -0.05) is 84.4 Å². The number of anilines is 2. The molecular formula is C40H37N3O4S. The lowest BCUT2D eigenvalue weighted by molar-refractivity contribution is -0.116. The number of carbonyl (C=O) groups excluding carboxylic acids is 3. The third-order valence-corrected chi connectivity index (χ3v) is 8.66. The molecular weight excluding hydrogens is 619 g/mol. The van der Waals surface area contributed by atoms with Crippen molar-refractivity contribution in [1.82, 2.24) is 5.32 Å². The van der Waals surface area contributed by atoms with E-state index in [1.54, 1.807) is 42.5 Å². The van der Waals surface area contributed by atoms with Crippen LogP contribution in [0.5, 0.6) is 5.75 Å². The van der Waals surface area contributed by atoms with Crippen LogP contribution in [0.1, 0.15) is 44.8 Å². The van der Waals surface area contributed by atoms with Gasteiger partial charge in [-0.25, -0.2) is 0 Å². The summed E-state index contributed by atoms with van der Waals surface area (Å²) in [5.74, 6) is -0.452. The van der Waals surface area contributed by atoms with Crippen molar-refractivity contribution >= 4 is 46.9 Å². The zero-order chi connectivity index (χ0) is 33.9. The molecule has 0 spiro atoms. The molecule has 7 nitrogen and oxygen atoms in total. The van der Waals surface area contributed by atoms with E-state index in [9.17, 15) is 14.4 Å². The van der Waals surface area contributed by atoms with Crippen LogP contribution < -0.4 is 20.7 Å². The van der Waals surface area contributed by atoms with Crippen LogP contribution in [0.4, 0.5) is 11.4 Å². The number of para-hydroxylation sites is 1. The van der Waals surface area contributed by atoms with Gasteiger partial charge in [0.15, 0.2) is 0 Å². The Labute approximate surface area is 285 Å². The van der Waals surface area contributed by atoms with Crippen molar-refractivity contribution in [3.63, 3.8) is 0 Å². The van der Waals surface area contributed by atoms with Gasteiger partial charge in [-0.05, 0) is 86.5 Å². The molecule has 1 unspecified atom stereocenters. The molecule has 1 atom stereocenters. The van der Waals surface area contributed by atoms with Gasteiger partial charge in [-0.3, -0.25) is 14.4 Å². The maximum atomic E-state index is 13.6. The molecule has 0 aliphatic rings. The molecule has 3 N–H and O–H groups in total. The minimum atomic E-state index is -0.513. The highest BCUT2D eigenvalue weighted by Crippen LogP contribution is 2.37. The molecule has 0 heterocycles. The van der Waals surface area contributed by atoms with Crippen molar-refractivity contribution in [3.8, 4) is 5.75 Å². The van der Waals surface area contributed by atoms with Gasteiger partial charge >= 0.3 is 0 Å². The van der Waals surface area contributed by atoms with Gasteiger partial charge in [0.2, 0.25) is 5.91 Å². The standard InChI is InChI=1S/C40H37N3O4S/c1-4-47-36-18-12-11-17-31(36)26-35(43-38(44)30-15-9-6-10-16-30)39(45)41-32-20-22-33(23-21-32)48-37(29-13-7-5-8-14-29)40(46)42-34-24-19-27(2)25-28(34)3/h5-26,37H,4H2,1-3H3,(H,41,45)(H,42,46)(H,43,44)/b35-26-. The monoisotopic (exact) mass is 655 g/mol. The Bertz CT molecular complexity index is 1910. The number of ether oxygens (including phenoxy) is 1. The van der Waals surface area contributed by atoms with Crippen molar-refractivity contribution < 1.29 is 19.1 Å². The number of carbonyl (C=O) groups is 3. The first-order valence-electron chi connectivity index (χ1n) is 15.6. The van der Waals surface area contributed by atoms with Crippen molar-refractivity contribution in [2.75, 3.05) is 17.2 Å². The molecule has 5 rings (SSSR count). The Morgan fingerprint density at radius 2 is 1.44 bits per heavy atom. The third kappa shape index (κ3) is 9.02. The lowest BCUT2D eigenvalue weighted by Crippen LogP contribution is -2.30. The average molecular weight is 656 g/mol. The summed E-state index contributed by atoms with van der Waals surface area (Å²) in [6, 6.07) is 38.9. The Kier molecular flexibility index (Phi) is 11.5. The molecule has 0 bridgehead atoms. The van der Waals surface area contributed by atoms with Crippen molar-refractivity contribution in [2.24, 2.45) is 0 Å². The van der Waals surface area contributed by atoms with Crippen LogP contribution >= 0.6 is 11.8 Å². The number of nitrogens with one attached hydrogen (secondary N) is 3. The number of benzene rings is 5. The van der Waals surface area contributed by atoms with E-state index >= 15 is 0 Å². The van der Waals surface area contributed by atoms with Crippen molar-refractivity contribution in [3.05, 3.63) is 161 Å². The third-order valence-electron chi connectivity index (χ3n) is 7.39. The summed E-state index contributed by atoms with van der Waals surface area (Å²) in [5.41, 5.74) is 5.43. The summed E-state index contributed by atoms with van der Waals surface area (Å²) in [7, 11) is 0. The van der Waals surface area contributed by atoms with Gasteiger partial charge in [0.1, 0.15) is 16.7 Å². The number of thioether (sulfide) groups is 1. The number of aryl methyl sites for hydroxylation is 2. The smallest absolute Gasteiger partial charge is 0.272 e. The van der Waals surface area contributed by atoms with Gasteiger partial charge in [0.25, 0.3) is 11.8 Å². The van der Waals surface area contributed by atoms with E-state index in [0.717, 1.165) is 27.3 Å². The molecule has 5 aromatic rings. The Balaban J connectivity index is 1.35. The van der Waals surface area contributed by atoms with E-state index in [1.165, 1.54) is 11.8 Å². The first-order valence-corrected chi connectivity index (χ1v) is 16.5. The van der Waals surface area contributed by atoms with Crippen LogP contribution in [0.2, 0.25) is 0 Å². The van der Waals surface area contributed by atoms with E-state index in [0.29, 0.717) is 29.2 Å². The molecule has 5 aromatic carbocycles. The SMILES string of the molecule is CCOc1ccccc1/C=C(\NC(=O)c1ccccc1)C(=O)Nc1ccc(SC(C(=O)Nc2ccc(C)cc2C)c2ccccc2)cc1. The molecule has 48 heavy (non-hydrogen) atoms. The van der Waals surface area contributed by atoms with Gasteiger partial charge < -0.3 is 20.7 Å². The van der Waals surface area contributed by atoms with E-state index in [-0.39, 0.29) is 11.6 Å². The average Bonchev–Trinajstić information content (AvgIpc) is 3.10. The molecule has 0 aromatic heterocycles. The summed E-state index contributed by atoms with van der Waals surface area (Å²) < 4.78 is 5.74. The highest BCUT2D eigenvalue weighted by molar-refractivity contribution is 8.00. The topological polar surface area (TPSA) is 96.5 Å². The number of rotatable bonds is 12. The van der Waals surface area contributed by atoms with Crippen LogP contribution in [0, 0.1) is 13.8 Å². The highest BCUT2D eigenvalue weighted by Gasteiger charge is 2.23. The molecule has 0 saturated heterocycles. The van der Waals surface area contributed by atoms with Crippen LogP contribution in [-0.2, 0) is 9.59 Å². The molecule has 0 radical (unpaired) electrons. The van der Waals surface area contributed by atoms with Gasteiger partial charge in [0, 0.05) is 27.4 Å². The first-order chi connectivity index (χ1) is 23.3. The summed E-state index contributed by atoms with van der Waals surface area (Å²) in [4.78, 5) is 41.2. The zero-order valence-corrected chi connectivity index (χ0v) is 27.8. The second kappa shape index (κ2) is 16.3. The van der Waals surface area contributed by atoms with E-state index in [4.69, 9.17) is 4.74 Å². The number of amides is 3. The minimum absolute atomic E-state index is 0.0571. The second-order valence-electron chi connectivity index (χ2n) is 11.0. The molecule has 3 amide bonds. The van der Waals surface area contributed by atoms with Crippen LogP contribution in [0.25, 0.3) is 6.08 Å². The molecule has 0 aliphatic carbocycles. The predicted molar refractivity (Wildman–Crippen MR) is 194 cm³/mol. The fraction of sp³-hybridized carbons (Fsp3) is 0.125. The molecule has 0 aliphatic heterocycles. The van der Waals surface area contributed by atoms with Gasteiger partial charge in [0.05, 0.1) is 6.61 Å². The lowest BCUT2D eigenvalue weighted by atomic mass is 10.1. The Morgan fingerprint density at radius 1 is 0.771 bits per heavy atom. The minimum Gasteiger partial charge on any atom is -0.493 e. The largest absolute Gasteiger partial charge is 0.493 e. The van der Waals surface area contributed by atoms with E-state index < -0.39 is 17.1 Å². The van der Waals surface area contributed by atoms with Crippen molar-refractivity contribution in [1.29, 1.82) is 0 Å². The first kappa shape index (κ1) is 33.8. The summed E-state index contributed by atoms with van der Waals surface area (Å²) in [6.45, 7) is 6.33. The van der Waals surface area contributed by atoms with Gasteiger partial charge in [-0.2, -0.15) is 0 Å². The maximum absolute atomic E-state index is 13.6. The summed E-state index contributed by atoms with van der Waals surface area (Å²) >= 11 is 1.42. The zero-order valence-electron chi connectivity index (χ0n) is 27.0. The normalized spacial score (nSPS) is 11.7. The predicted octanol–water partition coefficient (Wildman–Crippen LogP) is 8.58. The van der Waals surface area contributed by atoms with Gasteiger partial charge in [-0.15, -0.1) is 11.8 Å². The molecule has 242 valence electrons. The molecule has 0 saturated carbocycles. The molecule has 0 fully saturated rings. The summed E-state index contributed by atoms with van der Waals surface area (Å²) in [6.07, 6.45) is 1.60. The van der Waals surface area contributed by atoms with Crippen molar-refractivity contribution in [2.45, 2.75) is 30.9 Å². The second-order valence-corrected chi connectivity index (χ2v) is 12.2. The number of hydrogen-bond acceptors (Lipinski definition) is 5. The van der Waals surface area contributed by atoms with Crippen LogP contribution in [-0.4, -0.2) is 24.3 Å². The molecule has 8 heteroatoms. The van der Waals surface area contributed by atoms with Crippen LogP contribution in [0.15, 0.2) is 138 Å². The Hall–Kier alpha value is -5.60. The highest BCUT2D eigenvalue weighted by atomic mass is 32.2. The van der Waals surface area contributed by atoms with E-state index in [1.807, 2.05) is 112 Å². The quantitative estimate of drug-likeness (QED) is 0.0924. The summed E-state index contributed by atoms with van der Waals surface area (Å²) in [5, 5.41) is 8.26. The number of hydrogen-bond donors (Lipinski definition) is 3.